The molecule has 0 spiro atoms. The molecule has 1 fully saturated rings. The normalized spacial score (nSPS) is 17.5. The average Bonchev–Trinajstić information content (AvgIpc) is 2.38. The van der Waals surface area contributed by atoms with Crippen molar-refractivity contribution in [1.29, 1.82) is 0 Å². The Morgan fingerprint density at radius 3 is 2.42 bits per heavy atom. The van der Waals surface area contributed by atoms with Gasteiger partial charge in [0.1, 0.15) is 17.5 Å². The number of hydrogen-bond acceptors (Lipinski definition) is 3. The number of carboxylic acid groups (broad SMARTS) is 1. The number of nitrogens with one attached hydrogen (secondary N) is 1. The first-order chi connectivity index (χ1) is 11.0. The van der Waals surface area contributed by atoms with Gasteiger partial charge in [-0.3, -0.25) is 0 Å². The van der Waals surface area contributed by atoms with E-state index >= 15 is 0 Å². The van der Waals surface area contributed by atoms with E-state index in [1.807, 2.05) is 0 Å². The van der Waals surface area contributed by atoms with Crippen molar-refractivity contribution in [1.82, 2.24) is 5.32 Å². The van der Waals surface area contributed by atoms with E-state index < -0.39 is 34.9 Å². The Labute approximate surface area is 148 Å². The predicted octanol–water partition coefficient (Wildman–Crippen LogP) is 3.99. The van der Waals surface area contributed by atoms with E-state index in [2.05, 4.69) is 21.2 Å². The molecule has 1 aliphatic carbocycles. The molecule has 0 aliphatic heterocycles. The molecule has 0 heterocycles. The summed E-state index contributed by atoms with van der Waals surface area (Å²) < 4.78 is 19.4. The predicted molar refractivity (Wildman–Crippen MR) is 90.4 cm³/mol. The Balaban J connectivity index is 2.31. The number of hydrogen-bond donors (Lipinski definition) is 2. The lowest BCUT2D eigenvalue weighted by atomic mass is 9.60. The van der Waals surface area contributed by atoms with Gasteiger partial charge in [0.05, 0.1) is 4.47 Å². The molecule has 0 radical (unpaired) electrons. The first kappa shape index (κ1) is 18.7. The molecular weight excluding hydrogens is 381 g/mol. The fraction of sp³-hybridized carbons (Fsp3) is 0.529. The van der Waals surface area contributed by atoms with Crippen molar-refractivity contribution in [3.05, 3.63) is 34.1 Å². The fourth-order valence-electron chi connectivity index (χ4n) is 2.97. The Morgan fingerprint density at radius 2 is 2.00 bits per heavy atom. The van der Waals surface area contributed by atoms with Crippen LogP contribution in [0.15, 0.2) is 22.7 Å². The van der Waals surface area contributed by atoms with Gasteiger partial charge in [-0.15, -0.1) is 0 Å². The molecule has 1 atom stereocenters. The summed E-state index contributed by atoms with van der Waals surface area (Å²) in [6.45, 7) is 5.10. The van der Waals surface area contributed by atoms with Crippen LogP contribution in [0, 0.1) is 5.82 Å². The lowest BCUT2D eigenvalue weighted by Crippen LogP contribution is -2.58. The molecule has 0 saturated heterocycles. The maximum atomic E-state index is 13.9. The fourth-order valence-corrected chi connectivity index (χ4v) is 3.22. The van der Waals surface area contributed by atoms with Gasteiger partial charge in [-0.2, -0.15) is 0 Å². The summed E-state index contributed by atoms with van der Waals surface area (Å²) in [6, 6.07) is 3.40. The van der Waals surface area contributed by atoms with Crippen LogP contribution in [0.3, 0.4) is 0 Å². The first-order valence-electron chi connectivity index (χ1n) is 7.73. The minimum Gasteiger partial charge on any atom is -0.480 e. The highest BCUT2D eigenvalue weighted by atomic mass is 79.9. The zero-order chi connectivity index (χ0) is 18.1. The summed E-state index contributed by atoms with van der Waals surface area (Å²) in [5.41, 5.74) is -0.994. The molecule has 0 bridgehead atoms. The second kappa shape index (κ2) is 6.70. The van der Waals surface area contributed by atoms with E-state index in [1.54, 1.807) is 32.9 Å². The number of amides is 1. The summed E-state index contributed by atoms with van der Waals surface area (Å²) in [6.07, 6.45) is 1.14. The van der Waals surface area contributed by atoms with Gasteiger partial charge in [-0.25, -0.2) is 14.0 Å². The van der Waals surface area contributed by atoms with Crippen molar-refractivity contribution in [3.63, 3.8) is 0 Å². The van der Waals surface area contributed by atoms with Crippen molar-refractivity contribution in [3.8, 4) is 0 Å². The van der Waals surface area contributed by atoms with Gasteiger partial charge in [0.2, 0.25) is 0 Å². The molecule has 132 valence electrons. The van der Waals surface area contributed by atoms with Crippen LogP contribution in [0.25, 0.3) is 0 Å². The summed E-state index contributed by atoms with van der Waals surface area (Å²) in [5, 5.41) is 12.1. The van der Waals surface area contributed by atoms with E-state index in [0.29, 0.717) is 22.9 Å². The van der Waals surface area contributed by atoms with E-state index in [0.717, 1.165) is 6.42 Å². The van der Waals surface area contributed by atoms with E-state index in [-0.39, 0.29) is 0 Å². The molecule has 7 heteroatoms. The molecule has 1 aromatic rings. The number of benzene rings is 1. The molecule has 1 amide bonds. The number of alkyl carbamates (subject to hydrolysis) is 1. The Bertz CT molecular complexity index is 652. The zero-order valence-corrected chi connectivity index (χ0v) is 15.4. The van der Waals surface area contributed by atoms with Crippen molar-refractivity contribution in [2.75, 3.05) is 0 Å². The van der Waals surface area contributed by atoms with Gasteiger partial charge in [0.15, 0.2) is 0 Å². The topological polar surface area (TPSA) is 75.6 Å². The lowest BCUT2D eigenvalue weighted by Gasteiger charge is -2.46. The van der Waals surface area contributed by atoms with Crippen LogP contribution in [0.2, 0.25) is 0 Å². The Kier molecular flexibility index (Phi) is 5.22. The maximum absolute atomic E-state index is 13.9. The van der Waals surface area contributed by atoms with Crippen LogP contribution >= 0.6 is 15.9 Å². The largest absolute Gasteiger partial charge is 0.480 e. The molecule has 5 nitrogen and oxygen atoms in total. The third-order valence-electron chi connectivity index (χ3n) is 4.20. The van der Waals surface area contributed by atoms with Crippen LogP contribution in [0.1, 0.15) is 45.6 Å². The lowest BCUT2D eigenvalue weighted by molar-refractivity contribution is -0.142. The van der Waals surface area contributed by atoms with Crippen LogP contribution < -0.4 is 5.32 Å². The standard InChI is InChI=1S/C17H21BrFNO4/c1-16(2,3)24-15(23)20-13(14(21)22)17(7-4-8-17)10-5-6-11(18)12(19)9-10/h5-6,9,13H,4,7-8H2,1-3H3,(H,20,23)(H,21,22)/t13-/m0/s1. The number of halogens is 2. The van der Waals surface area contributed by atoms with Crippen molar-refractivity contribution in [2.45, 2.75) is 57.1 Å². The van der Waals surface area contributed by atoms with Crippen molar-refractivity contribution in [2.24, 2.45) is 0 Å². The quantitative estimate of drug-likeness (QED) is 0.799. The minimum atomic E-state index is -1.18. The number of carboxylic acids is 1. The van der Waals surface area contributed by atoms with Crippen molar-refractivity contribution < 1.29 is 23.8 Å². The minimum absolute atomic E-state index is 0.313. The second-order valence-electron chi connectivity index (χ2n) is 7.06. The molecular formula is C17H21BrFNO4. The molecule has 1 aromatic carbocycles. The summed E-state index contributed by atoms with van der Waals surface area (Å²) in [7, 11) is 0. The number of aliphatic carboxylic acids is 1. The maximum Gasteiger partial charge on any atom is 0.408 e. The van der Waals surface area contributed by atoms with Gasteiger partial charge in [-0.1, -0.05) is 12.5 Å². The summed E-state index contributed by atoms with van der Waals surface area (Å²) >= 11 is 3.09. The highest BCUT2D eigenvalue weighted by molar-refractivity contribution is 9.10. The number of ether oxygens (including phenoxy) is 1. The highest BCUT2D eigenvalue weighted by Gasteiger charge is 2.50. The van der Waals surface area contributed by atoms with Crippen molar-refractivity contribution >= 4 is 28.0 Å². The van der Waals surface area contributed by atoms with Crippen LogP contribution in [0.4, 0.5) is 9.18 Å². The zero-order valence-electron chi connectivity index (χ0n) is 13.9. The number of rotatable bonds is 4. The SMILES string of the molecule is CC(C)(C)OC(=O)N[C@@H](C(=O)O)C1(c2ccc(Br)c(F)c2)CCC1. The van der Waals surface area contributed by atoms with Gasteiger partial charge in [0.25, 0.3) is 0 Å². The molecule has 2 N–H and O–H groups in total. The van der Waals surface area contributed by atoms with Gasteiger partial charge in [0, 0.05) is 5.41 Å². The second-order valence-corrected chi connectivity index (χ2v) is 7.91. The van der Waals surface area contributed by atoms with Gasteiger partial charge < -0.3 is 15.2 Å². The summed E-state index contributed by atoms with van der Waals surface area (Å²) in [4.78, 5) is 23.8. The molecule has 1 saturated carbocycles. The van der Waals surface area contributed by atoms with Gasteiger partial charge >= 0.3 is 12.1 Å². The molecule has 1 aliphatic rings. The summed E-state index contributed by atoms with van der Waals surface area (Å²) in [5.74, 6) is -1.62. The van der Waals surface area contributed by atoms with E-state index in [1.165, 1.54) is 6.07 Å². The van der Waals surface area contributed by atoms with Gasteiger partial charge in [-0.05, 0) is 67.2 Å². The number of carbonyl (C=O) groups is 2. The third-order valence-corrected chi connectivity index (χ3v) is 4.84. The Morgan fingerprint density at radius 1 is 1.38 bits per heavy atom. The number of carbonyl (C=O) groups excluding carboxylic acids is 1. The monoisotopic (exact) mass is 401 g/mol. The Hall–Kier alpha value is -1.63. The third kappa shape index (κ3) is 3.88. The smallest absolute Gasteiger partial charge is 0.408 e. The van der Waals surface area contributed by atoms with E-state index in [9.17, 15) is 19.1 Å². The first-order valence-corrected chi connectivity index (χ1v) is 8.52. The molecule has 0 aromatic heterocycles. The van der Waals surface area contributed by atoms with E-state index in [4.69, 9.17) is 4.74 Å². The van der Waals surface area contributed by atoms with Crippen LogP contribution in [0.5, 0.6) is 0 Å². The molecule has 24 heavy (non-hydrogen) atoms. The van der Waals surface area contributed by atoms with Crippen LogP contribution in [-0.2, 0) is 14.9 Å². The molecule has 0 unspecified atom stereocenters. The molecule has 2 rings (SSSR count). The van der Waals surface area contributed by atoms with Crippen LogP contribution in [-0.4, -0.2) is 28.8 Å². The average molecular weight is 402 g/mol. The highest BCUT2D eigenvalue weighted by Crippen LogP contribution is 2.47.